The van der Waals surface area contributed by atoms with Gasteiger partial charge in [0, 0.05) is 18.7 Å². The van der Waals surface area contributed by atoms with Gasteiger partial charge in [-0.1, -0.05) is 12.1 Å². The SMILES string of the molecule is NC(Cc1ccc(O)cc1)C(=O)NC(CCC(=O)O)C(=O)N1CCCC1C(=O)NC(CS)C(=O)O. The molecule has 7 N–H and O–H groups in total. The maximum absolute atomic E-state index is 13.3. The van der Waals surface area contributed by atoms with E-state index in [9.17, 15) is 29.1 Å². The molecule has 2 rings (SSSR count). The Morgan fingerprint density at radius 1 is 1.09 bits per heavy atom. The fourth-order valence-electron chi connectivity index (χ4n) is 3.74. The van der Waals surface area contributed by atoms with Crippen molar-refractivity contribution in [2.75, 3.05) is 12.3 Å². The maximum Gasteiger partial charge on any atom is 0.327 e. The van der Waals surface area contributed by atoms with Gasteiger partial charge in [0.15, 0.2) is 0 Å². The standard InChI is InChI=1S/C22H30N4O8S/c23-14(10-12-3-5-13(27)6-4-12)19(30)24-15(7-8-18(28)29)21(32)26-9-1-2-17(26)20(31)25-16(11-35)22(33)34/h3-6,14-17,27,35H,1-2,7-11,23H2,(H,24,30)(H,25,31)(H,28,29)(H,33,34). The first kappa shape index (κ1) is 27.9. The first-order valence-corrected chi connectivity index (χ1v) is 11.7. The van der Waals surface area contributed by atoms with E-state index in [-0.39, 0.29) is 37.3 Å². The number of amides is 3. The van der Waals surface area contributed by atoms with Gasteiger partial charge in [-0.05, 0) is 43.4 Å². The average molecular weight is 511 g/mol. The molecule has 35 heavy (non-hydrogen) atoms. The highest BCUT2D eigenvalue weighted by Crippen LogP contribution is 2.20. The summed E-state index contributed by atoms with van der Waals surface area (Å²) in [5.74, 6) is -4.51. The zero-order chi connectivity index (χ0) is 26.1. The van der Waals surface area contributed by atoms with E-state index in [2.05, 4.69) is 23.3 Å². The molecule has 0 radical (unpaired) electrons. The lowest BCUT2D eigenvalue weighted by molar-refractivity contribution is -0.144. The number of nitrogens with one attached hydrogen (secondary N) is 2. The molecule has 1 aromatic rings. The third kappa shape index (κ3) is 8.14. The lowest BCUT2D eigenvalue weighted by Gasteiger charge is -2.29. The molecule has 0 saturated carbocycles. The van der Waals surface area contributed by atoms with Crippen LogP contribution in [-0.2, 0) is 30.4 Å². The van der Waals surface area contributed by atoms with Crippen molar-refractivity contribution in [3.05, 3.63) is 29.8 Å². The van der Waals surface area contributed by atoms with Crippen LogP contribution in [0.1, 0.15) is 31.2 Å². The van der Waals surface area contributed by atoms with Crippen LogP contribution >= 0.6 is 12.6 Å². The second-order valence-electron chi connectivity index (χ2n) is 8.24. The Morgan fingerprint density at radius 3 is 2.31 bits per heavy atom. The first-order valence-electron chi connectivity index (χ1n) is 11.0. The van der Waals surface area contributed by atoms with Gasteiger partial charge in [-0.25, -0.2) is 4.79 Å². The van der Waals surface area contributed by atoms with Crippen LogP contribution in [-0.4, -0.2) is 86.3 Å². The lowest BCUT2D eigenvalue weighted by atomic mass is 10.0. The predicted octanol–water partition coefficient (Wildman–Crippen LogP) is -0.898. The molecule has 4 atom stereocenters. The van der Waals surface area contributed by atoms with Gasteiger partial charge in [-0.2, -0.15) is 12.6 Å². The van der Waals surface area contributed by atoms with Crippen molar-refractivity contribution >= 4 is 42.3 Å². The summed E-state index contributed by atoms with van der Waals surface area (Å²) in [6.45, 7) is 0.189. The van der Waals surface area contributed by atoms with E-state index in [4.69, 9.17) is 15.9 Å². The fourth-order valence-corrected chi connectivity index (χ4v) is 3.99. The smallest absolute Gasteiger partial charge is 0.327 e. The Morgan fingerprint density at radius 2 is 1.74 bits per heavy atom. The number of phenols is 1. The first-order chi connectivity index (χ1) is 16.5. The third-order valence-electron chi connectivity index (χ3n) is 5.63. The summed E-state index contributed by atoms with van der Waals surface area (Å²) in [4.78, 5) is 62.2. The number of thiol groups is 1. The lowest BCUT2D eigenvalue weighted by Crippen LogP contribution is -2.57. The summed E-state index contributed by atoms with van der Waals surface area (Å²) < 4.78 is 0. The summed E-state index contributed by atoms with van der Waals surface area (Å²) >= 11 is 3.91. The molecule has 1 fully saturated rings. The van der Waals surface area contributed by atoms with Crippen LogP contribution < -0.4 is 16.4 Å². The molecule has 3 amide bonds. The summed E-state index contributed by atoms with van der Waals surface area (Å²) in [6, 6.07) is 1.60. The fraction of sp³-hybridized carbons (Fsp3) is 0.500. The second-order valence-corrected chi connectivity index (χ2v) is 8.61. The molecular formula is C22H30N4O8S. The molecule has 0 bridgehead atoms. The van der Waals surface area contributed by atoms with E-state index in [1.165, 1.54) is 17.0 Å². The van der Waals surface area contributed by atoms with E-state index < -0.39 is 60.2 Å². The number of hydrogen-bond acceptors (Lipinski definition) is 8. The minimum atomic E-state index is -1.27. The number of benzene rings is 1. The number of carboxylic acids is 2. The number of nitrogens with two attached hydrogens (primary N) is 1. The number of aromatic hydroxyl groups is 1. The van der Waals surface area contributed by atoms with Gasteiger partial charge in [-0.3, -0.25) is 19.2 Å². The summed E-state index contributed by atoms with van der Waals surface area (Å²) in [7, 11) is 0. The molecule has 1 heterocycles. The van der Waals surface area contributed by atoms with E-state index >= 15 is 0 Å². The molecule has 0 aliphatic carbocycles. The number of likely N-dealkylation sites (tertiary alicyclic amines) is 1. The van der Waals surface area contributed by atoms with Gasteiger partial charge in [0.05, 0.1) is 6.04 Å². The van der Waals surface area contributed by atoms with Gasteiger partial charge >= 0.3 is 11.9 Å². The van der Waals surface area contributed by atoms with Crippen LogP contribution in [0.5, 0.6) is 5.75 Å². The summed E-state index contributed by atoms with van der Waals surface area (Å²) in [6.07, 6.45) is 0.250. The van der Waals surface area contributed by atoms with E-state index in [0.29, 0.717) is 12.0 Å². The minimum absolute atomic E-state index is 0.0550. The van der Waals surface area contributed by atoms with Crippen molar-refractivity contribution < 1.29 is 39.3 Å². The Kier molecular flexibility index (Phi) is 10.3. The van der Waals surface area contributed by atoms with Crippen LogP contribution in [0.25, 0.3) is 0 Å². The zero-order valence-corrected chi connectivity index (χ0v) is 19.8. The molecule has 192 valence electrons. The number of rotatable bonds is 12. The number of aliphatic carboxylic acids is 2. The van der Waals surface area contributed by atoms with Gasteiger partial charge < -0.3 is 36.6 Å². The average Bonchev–Trinajstić information content (AvgIpc) is 3.30. The monoisotopic (exact) mass is 510 g/mol. The zero-order valence-electron chi connectivity index (χ0n) is 18.9. The molecular weight excluding hydrogens is 480 g/mol. The van der Waals surface area contributed by atoms with Crippen molar-refractivity contribution in [2.24, 2.45) is 5.73 Å². The Labute approximate surface area is 207 Å². The molecule has 0 aromatic heterocycles. The second kappa shape index (κ2) is 13.0. The Hall–Kier alpha value is -3.32. The van der Waals surface area contributed by atoms with E-state index in [1.54, 1.807) is 12.1 Å². The minimum Gasteiger partial charge on any atom is -0.508 e. The highest BCUT2D eigenvalue weighted by Gasteiger charge is 2.39. The summed E-state index contributed by atoms with van der Waals surface area (Å²) in [5, 5.41) is 32.5. The summed E-state index contributed by atoms with van der Waals surface area (Å²) in [5.41, 5.74) is 6.65. The number of carboxylic acid groups (broad SMARTS) is 2. The number of hydrogen-bond donors (Lipinski definition) is 7. The third-order valence-corrected chi connectivity index (χ3v) is 5.99. The molecule has 0 spiro atoms. The predicted molar refractivity (Wildman–Crippen MR) is 127 cm³/mol. The molecule has 1 aliphatic heterocycles. The number of nitrogens with zero attached hydrogens (tertiary/aromatic N) is 1. The van der Waals surface area contributed by atoms with Crippen LogP contribution in [0, 0.1) is 0 Å². The maximum atomic E-state index is 13.3. The largest absolute Gasteiger partial charge is 0.508 e. The molecule has 1 aliphatic rings. The van der Waals surface area contributed by atoms with Crippen LogP contribution in [0.3, 0.4) is 0 Å². The van der Waals surface area contributed by atoms with Gasteiger partial charge in [0.1, 0.15) is 23.9 Å². The highest BCUT2D eigenvalue weighted by atomic mass is 32.1. The van der Waals surface area contributed by atoms with Crippen molar-refractivity contribution in [3.8, 4) is 5.75 Å². The van der Waals surface area contributed by atoms with Crippen molar-refractivity contribution in [1.82, 2.24) is 15.5 Å². The topological polar surface area (TPSA) is 199 Å². The quantitative estimate of drug-likeness (QED) is 0.174. The van der Waals surface area contributed by atoms with Gasteiger partial charge in [-0.15, -0.1) is 0 Å². The molecule has 1 aromatic carbocycles. The van der Waals surface area contributed by atoms with Crippen LogP contribution in [0.2, 0.25) is 0 Å². The molecule has 4 unspecified atom stereocenters. The highest BCUT2D eigenvalue weighted by molar-refractivity contribution is 7.80. The Balaban J connectivity index is 2.11. The Bertz CT molecular complexity index is 942. The molecule has 13 heteroatoms. The number of phenolic OH excluding ortho intramolecular Hbond substituents is 1. The molecule has 1 saturated heterocycles. The van der Waals surface area contributed by atoms with E-state index in [1.807, 2.05) is 0 Å². The number of carbonyl (C=O) groups excluding carboxylic acids is 3. The normalized spacial score (nSPS) is 17.8. The molecule has 12 nitrogen and oxygen atoms in total. The van der Waals surface area contributed by atoms with Crippen LogP contribution in [0.4, 0.5) is 0 Å². The van der Waals surface area contributed by atoms with Gasteiger partial charge in [0.2, 0.25) is 17.7 Å². The van der Waals surface area contributed by atoms with E-state index in [0.717, 1.165) is 0 Å². The van der Waals surface area contributed by atoms with Crippen LogP contribution in [0.15, 0.2) is 24.3 Å². The number of carbonyl (C=O) groups is 5. The van der Waals surface area contributed by atoms with Crippen molar-refractivity contribution in [2.45, 2.75) is 56.3 Å². The van der Waals surface area contributed by atoms with Gasteiger partial charge in [0.25, 0.3) is 0 Å². The van der Waals surface area contributed by atoms with Crippen molar-refractivity contribution in [3.63, 3.8) is 0 Å². The van der Waals surface area contributed by atoms with Crippen molar-refractivity contribution in [1.29, 1.82) is 0 Å².